The molecule has 0 heterocycles. The van der Waals surface area contributed by atoms with E-state index in [-0.39, 0.29) is 5.88 Å². The van der Waals surface area contributed by atoms with Crippen molar-refractivity contribution in [3.63, 3.8) is 0 Å². The molecule has 8 heavy (non-hydrogen) atoms. The lowest BCUT2D eigenvalue weighted by Crippen LogP contribution is -2.09. The van der Waals surface area contributed by atoms with Gasteiger partial charge < -0.3 is 0 Å². The fourth-order valence-electron chi connectivity index (χ4n) is 0.0752. The standard InChI is InChI=1S/C2H3Cl3O2S/c3-1-2(4)8(5,6)7/h2H,1H2. The molecule has 0 fully saturated rings. The molecule has 0 rings (SSSR count). The molecule has 1 atom stereocenters. The van der Waals surface area contributed by atoms with Gasteiger partial charge in [-0.05, 0) is 0 Å². The molecular weight excluding hydrogens is 194 g/mol. The minimum Gasteiger partial charge on any atom is -0.211 e. The summed E-state index contributed by atoms with van der Waals surface area (Å²) in [6, 6.07) is 0. The minimum absolute atomic E-state index is 0.187. The molecule has 1 unspecified atom stereocenters. The van der Waals surface area contributed by atoms with E-state index in [2.05, 4.69) is 0 Å². The Hall–Kier alpha value is 0.820. The second-order valence-electron chi connectivity index (χ2n) is 1.04. The zero-order valence-corrected chi connectivity index (χ0v) is 6.73. The fourth-order valence-corrected chi connectivity index (χ4v) is 1.11. The third-order valence-corrected chi connectivity index (χ3v) is 3.63. The number of alkyl halides is 2. The van der Waals surface area contributed by atoms with Gasteiger partial charge in [0.05, 0.1) is 5.88 Å². The highest BCUT2D eigenvalue weighted by Crippen LogP contribution is 2.12. The number of hydrogen-bond acceptors (Lipinski definition) is 2. The molecule has 0 amide bonds. The largest absolute Gasteiger partial charge is 0.250 e. The van der Waals surface area contributed by atoms with Gasteiger partial charge in [-0.2, -0.15) is 0 Å². The lowest BCUT2D eigenvalue weighted by atomic mass is 10.9. The Morgan fingerprint density at radius 3 is 1.88 bits per heavy atom. The van der Waals surface area contributed by atoms with Crippen LogP contribution in [-0.4, -0.2) is 19.0 Å². The molecule has 0 bridgehead atoms. The SMILES string of the molecule is O=S(=O)(Cl)C(Cl)CCl. The normalized spacial score (nSPS) is 15.9. The molecule has 50 valence electrons. The van der Waals surface area contributed by atoms with Gasteiger partial charge in [0.25, 0.3) is 9.05 Å². The van der Waals surface area contributed by atoms with Crippen LogP contribution in [0.25, 0.3) is 0 Å². The van der Waals surface area contributed by atoms with Crippen LogP contribution in [0.5, 0.6) is 0 Å². The summed E-state index contributed by atoms with van der Waals surface area (Å²) in [6.07, 6.45) is 0. The van der Waals surface area contributed by atoms with Crippen molar-refractivity contribution in [1.82, 2.24) is 0 Å². The van der Waals surface area contributed by atoms with Gasteiger partial charge in [-0.25, -0.2) is 8.42 Å². The van der Waals surface area contributed by atoms with E-state index in [1.54, 1.807) is 0 Å². The van der Waals surface area contributed by atoms with E-state index in [0.717, 1.165) is 0 Å². The highest BCUT2D eigenvalue weighted by Gasteiger charge is 2.17. The van der Waals surface area contributed by atoms with Crippen LogP contribution in [0.1, 0.15) is 0 Å². The maximum Gasteiger partial charge on any atom is 0.250 e. The van der Waals surface area contributed by atoms with Crippen LogP contribution in [0.3, 0.4) is 0 Å². The van der Waals surface area contributed by atoms with Crippen LogP contribution in [0.2, 0.25) is 0 Å². The predicted octanol–water partition coefficient (Wildman–Crippen LogP) is 1.36. The van der Waals surface area contributed by atoms with Crippen molar-refractivity contribution < 1.29 is 8.42 Å². The van der Waals surface area contributed by atoms with Crippen LogP contribution in [-0.2, 0) is 9.05 Å². The smallest absolute Gasteiger partial charge is 0.211 e. The molecule has 0 aromatic carbocycles. The van der Waals surface area contributed by atoms with Gasteiger partial charge >= 0.3 is 0 Å². The molecule has 0 saturated heterocycles. The van der Waals surface area contributed by atoms with E-state index >= 15 is 0 Å². The molecule has 0 aliphatic heterocycles. The summed E-state index contributed by atoms with van der Waals surface area (Å²) in [4.78, 5) is 0. The third kappa shape index (κ3) is 2.97. The summed E-state index contributed by atoms with van der Waals surface area (Å²) in [5.41, 5.74) is 0. The number of halogens is 3. The summed E-state index contributed by atoms with van der Waals surface area (Å²) in [7, 11) is 1.09. The molecule has 0 spiro atoms. The van der Waals surface area contributed by atoms with E-state index in [9.17, 15) is 8.42 Å². The summed E-state index contributed by atoms with van der Waals surface area (Å²) in [5.74, 6) is -0.187. The summed E-state index contributed by atoms with van der Waals surface area (Å²) >= 11 is 10.1. The van der Waals surface area contributed by atoms with Crippen molar-refractivity contribution in [2.45, 2.75) is 4.71 Å². The highest BCUT2D eigenvalue weighted by atomic mass is 35.7. The van der Waals surface area contributed by atoms with E-state index in [1.165, 1.54) is 0 Å². The van der Waals surface area contributed by atoms with Crippen molar-refractivity contribution in [3.8, 4) is 0 Å². The van der Waals surface area contributed by atoms with E-state index < -0.39 is 13.8 Å². The van der Waals surface area contributed by atoms with Gasteiger partial charge in [-0.15, -0.1) is 23.2 Å². The van der Waals surface area contributed by atoms with E-state index in [0.29, 0.717) is 0 Å². The molecule has 0 aromatic rings. The average molecular weight is 197 g/mol. The molecule has 0 N–H and O–H groups in total. The van der Waals surface area contributed by atoms with Gasteiger partial charge in [0, 0.05) is 10.7 Å². The van der Waals surface area contributed by atoms with Gasteiger partial charge in [-0.1, -0.05) is 0 Å². The molecule has 6 heteroatoms. The third-order valence-electron chi connectivity index (χ3n) is 0.427. The van der Waals surface area contributed by atoms with Crippen LogP contribution in [0, 0.1) is 0 Å². The zero-order chi connectivity index (χ0) is 6.78. The highest BCUT2D eigenvalue weighted by molar-refractivity contribution is 8.15. The summed E-state index contributed by atoms with van der Waals surface area (Å²) in [6.45, 7) is 0. The van der Waals surface area contributed by atoms with Crippen LogP contribution in [0.4, 0.5) is 0 Å². The Morgan fingerprint density at radius 2 is 1.88 bits per heavy atom. The van der Waals surface area contributed by atoms with Gasteiger partial charge in [0.1, 0.15) is 0 Å². The van der Waals surface area contributed by atoms with Gasteiger partial charge in [-0.3, -0.25) is 0 Å². The van der Waals surface area contributed by atoms with Crippen molar-refractivity contribution in [1.29, 1.82) is 0 Å². The first-order valence-electron chi connectivity index (χ1n) is 1.62. The second kappa shape index (κ2) is 3.11. The van der Waals surface area contributed by atoms with Gasteiger partial charge in [0.15, 0.2) is 4.71 Å². The van der Waals surface area contributed by atoms with E-state index in [4.69, 9.17) is 33.9 Å². The topological polar surface area (TPSA) is 34.1 Å². The Labute approximate surface area is 62.1 Å². The fraction of sp³-hybridized carbons (Fsp3) is 1.00. The first kappa shape index (κ1) is 8.82. The predicted molar refractivity (Wildman–Crippen MR) is 35.1 cm³/mol. The van der Waals surface area contributed by atoms with Gasteiger partial charge in [0.2, 0.25) is 0 Å². The first-order valence-corrected chi connectivity index (χ1v) is 4.96. The maximum absolute atomic E-state index is 10.1. The summed E-state index contributed by atoms with van der Waals surface area (Å²) in [5, 5.41) is 0. The van der Waals surface area contributed by atoms with Crippen molar-refractivity contribution >= 4 is 42.9 Å². The molecule has 0 saturated carbocycles. The lowest BCUT2D eigenvalue weighted by Gasteiger charge is -1.95. The van der Waals surface area contributed by atoms with Crippen molar-refractivity contribution in [3.05, 3.63) is 0 Å². The second-order valence-corrected chi connectivity index (χ2v) is 4.94. The zero-order valence-electron chi connectivity index (χ0n) is 3.64. The average Bonchev–Trinajstić information content (AvgIpc) is 1.62. The van der Waals surface area contributed by atoms with Crippen LogP contribution >= 0.6 is 33.9 Å². The van der Waals surface area contributed by atoms with Crippen LogP contribution in [0.15, 0.2) is 0 Å². The first-order chi connectivity index (χ1) is 3.48. The molecule has 0 aliphatic rings. The minimum atomic E-state index is -3.65. The molecule has 0 radical (unpaired) electrons. The number of rotatable bonds is 2. The van der Waals surface area contributed by atoms with E-state index in [1.807, 2.05) is 0 Å². The molecule has 2 nitrogen and oxygen atoms in total. The Bertz CT molecular complexity index is 151. The molecule has 0 aliphatic carbocycles. The Balaban J connectivity index is 4.04. The maximum atomic E-state index is 10.1. The van der Waals surface area contributed by atoms with Crippen molar-refractivity contribution in [2.75, 3.05) is 5.88 Å². The van der Waals surface area contributed by atoms with Crippen molar-refractivity contribution in [2.24, 2.45) is 0 Å². The molecular formula is C2H3Cl3O2S. The lowest BCUT2D eigenvalue weighted by molar-refractivity contribution is 0.608. The number of hydrogen-bond donors (Lipinski definition) is 0. The Kier molecular flexibility index (Phi) is 3.43. The summed E-state index contributed by atoms with van der Waals surface area (Å²) < 4.78 is 19.0. The van der Waals surface area contributed by atoms with Crippen LogP contribution < -0.4 is 0 Å². The molecule has 0 aromatic heterocycles. The Morgan fingerprint density at radius 1 is 1.50 bits per heavy atom. The quantitative estimate of drug-likeness (QED) is 0.495. The monoisotopic (exact) mass is 196 g/mol.